The Kier molecular flexibility index (Phi) is 4.99. The van der Waals surface area contributed by atoms with E-state index in [0.29, 0.717) is 18.5 Å². The zero-order valence-corrected chi connectivity index (χ0v) is 11.4. The Balaban J connectivity index is 1.71. The van der Waals surface area contributed by atoms with Gasteiger partial charge in [0, 0.05) is 6.54 Å². The van der Waals surface area contributed by atoms with Crippen LogP contribution in [0.4, 0.5) is 6.01 Å². The predicted molar refractivity (Wildman–Crippen MR) is 71.3 cm³/mol. The van der Waals surface area contributed by atoms with Gasteiger partial charge in [0.25, 0.3) is 0 Å². The molecule has 102 valence electrons. The average molecular weight is 252 g/mol. The molecule has 1 saturated carbocycles. The maximum Gasteiger partial charge on any atom is 0.315 e. The lowest BCUT2D eigenvalue weighted by Crippen LogP contribution is -2.20. The van der Waals surface area contributed by atoms with Gasteiger partial charge >= 0.3 is 6.01 Å². The number of hydrogen-bond donors (Lipinski definition) is 2. The Bertz CT molecular complexity index is 345. The molecule has 1 aliphatic carbocycles. The molecule has 0 aromatic carbocycles. The van der Waals surface area contributed by atoms with Gasteiger partial charge in [-0.3, -0.25) is 0 Å². The largest absolute Gasteiger partial charge is 0.407 e. The molecule has 0 saturated heterocycles. The van der Waals surface area contributed by atoms with E-state index >= 15 is 0 Å². The number of anilines is 1. The van der Waals surface area contributed by atoms with Crippen LogP contribution in [0.15, 0.2) is 4.42 Å². The van der Waals surface area contributed by atoms with Crippen LogP contribution >= 0.6 is 0 Å². The van der Waals surface area contributed by atoms with Crippen molar-refractivity contribution in [1.29, 1.82) is 0 Å². The highest BCUT2D eigenvalue weighted by Gasteiger charge is 2.18. The van der Waals surface area contributed by atoms with Crippen LogP contribution in [0.5, 0.6) is 0 Å². The molecule has 0 amide bonds. The number of hydrogen-bond acceptors (Lipinski definition) is 5. The van der Waals surface area contributed by atoms with Gasteiger partial charge < -0.3 is 15.1 Å². The van der Waals surface area contributed by atoms with E-state index in [2.05, 4.69) is 34.7 Å². The lowest BCUT2D eigenvalue weighted by atomic mass is 9.83. The Morgan fingerprint density at radius 3 is 2.72 bits per heavy atom. The number of rotatable bonds is 6. The topological polar surface area (TPSA) is 63.0 Å². The fourth-order valence-corrected chi connectivity index (χ4v) is 2.39. The Morgan fingerprint density at radius 1 is 1.22 bits per heavy atom. The molecular weight excluding hydrogens is 228 g/mol. The van der Waals surface area contributed by atoms with E-state index in [1.54, 1.807) is 0 Å². The van der Waals surface area contributed by atoms with Crippen LogP contribution in [0, 0.1) is 11.8 Å². The summed E-state index contributed by atoms with van der Waals surface area (Å²) >= 11 is 0. The molecule has 2 rings (SSSR count). The van der Waals surface area contributed by atoms with Gasteiger partial charge in [0.05, 0.1) is 6.54 Å². The summed E-state index contributed by atoms with van der Waals surface area (Å²) in [6, 6.07) is 0.557. The van der Waals surface area contributed by atoms with Crippen LogP contribution < -0.4 is 10.6 Å². The van der Waals surface area contributed by atoms with Crippen molar-refractivity contribution in [3.8, 4) is 0 Å². The Morgan fingerprint density at radius 2 is 2.00 bits per heavy atom. The van der Waals surface area contributed by atoms with Crippen molar-refractivity contribution < 1.29 is 4.42 Å². The molecule has 0 atom stereocenters. The summed E-state index contributed by atoms with van der Waals surface area (Å²) in [5, 5.41) is 14.4. The summed E-state index contributed by atoms with van der Waals surface area (Å²) in [5.41, 5.74) is 0. The van der Waals surface area contributed by atoms with Crippen molar-refractivity contribution in [3.63, 3.8) is 0 Å². The first-order chi connectivity index (χ1) is 8.78. The predicted octanol–water partition coefficient (Wildman–Crippen LogP) is 2.42. The Hall–Kier alpha value is -1.10. The van der Waals surface area contributed by atoms with E-state index in [1.165, 1.54) is 25.7 Å². The van der Waals surface area contributed by atoms with E-state index in [1.807, 2.05) is 0 Å². The van der Waals surface area contributed by atoms with Crippen LogP contribution in [-0.2, 0) is 6.54 Å². The minimum Gasteiger partial charge on any atom is -0.407 e. The minimum absolute atomic E-state index is 0.557. The highest BCUT2D eigenvalue weighted by molar-refractivity contribution is 5.16. The molecule has 0 spiro atoms. The van der Waals surface area contributed by atoms with E-state index < -0.39 is 0 Å². The van der Waals surface area contributed by atoms with Crippen LogP contribution in [0.25, 0.3) is 0 Å². The maximum atomic E-state index is 5.50. The number of aromatic nitrogens is 2. The van der Waals surface area contributed by atoms with E-state index in [9.17, 15) is 0 Å². The van der Waals surface area contributed by atoms with Gasteiger partial charge in [-0.15, -0.1) is 5.10 Å². The third-order valence-corrected chi connectivity index (χ3v) is 3.67. The molecular formula is C13H24N4O. The summed E-state index contributed by atoms with van der Waals surface area (Å²) in [6.07, 6.45) is 5.32. The first-order valence-electron chi connectivity index (χ1n) is 7.05. The fourth-order valence-electron chi connectivity index (χ4n) is 2.39. The molecule has 18 heavy (non-hydrogen) atoms. The molecule has 0 radical (unpaired) electrons. The lowest BCUT2D eigenvalue weighted by molar-refractivity contribution is 0.299. The summed E-state index contributed by atoms with van der Waals surface area (Å²) < 4.78 is 5.50. The second-order valence-corrected chi connectivity index (χ2v) is 5.29. The second-order valence-electron chi connectivity index (χ2n) is 5.29. The van der Waals surface area contributed by atoms with E-state index in [0.717, 1.165) is 24.9 Å². The standard InChI is InChI=1S/C13H24N4O/c1-3-14-9-12-16-17-13(18-12)15-8-11-6-4-10(2)5-7-11/h10-11,14H,3-9H2,1-2H3,(H,15,17). The molecule has 0 unspecified atom stereocenters. The molecule has 1 aliphatic rings. The molecule has 5 heteroatoms. The smallest absolute Gasteiger partial charge is 0.315 e. The van der Waals surface area contributed by atoms with Crippen molar-refractivity contribution in [2.45, 2.75) is 46.1 Å². The fraction of sp³-hybridized carbons (Fsp3) is 0.846. The molecule has 1 aromatic rings. The van der Waals surface area contributed by atoms with E-state index in [4.69, 9.17) is 4.42 Å². The highest BCUT2D eigenvalue weighted by Crippen LogP contribution is 2.28. The van der Waals surface area contributed by atoms with Crippen LogP contribution in [0.3, 0.4) is 0 Å². The molecule has 0 bridgehead atoms. The SMILES string of the molecule is CCNCc1nnc(NCC2CCC(C)CC2)o1. The third-order valence-electron chi connectivity index (χ3n) is 3.67. The van der Waals surface area contributed by atoms with Crippen LogP contribution in [0.2, 0.25) is 0 Å². The zero-order valence-electron chi connectivity index (χ0n) is 11.4. The number of nitrogens with one attached hydrogen (secondary N) is 2. The molecule has 0 aliphatic heterocycles. The number of nitrogens with zero attached hydrogens (tertiary/aromatic N) is 2. The van der Waals surface area contributed by atoms with Crippen molar-refractivity contribution in [1.82, 2.24) is 15.5 Å². The first kappa shape index (κ1) is 13.3. The summed E-state index contributed by atoms with van der Waals surface area (Å²) in [6.45, 7) is 6.90. The molecule has 5 nitrogen and oxygen atoms in total. The summed E-state index contributed by atoms with van der Waals surface area (Å²) in [5.74, 6) is 2.30. The van der Waals surface area contributed by atoms with Gasteiger partial charge in [0.2, 0.25) is 5.89 Å². The molecule has 2 N–H and O–H groups in total. The normalized spacial score (nSPS) is 24.1. The van der Waals surface area contributed by atoms with Crippen molar-refractivity contribution in [2.24, 2.45) is 11.8 Å². The van der Waals surface area contributed by atoms with Gasteiger partial charge in [-0.05, 0) is 31.2 Å². The van der Waals surface area contributed by atoms with Gasteiger partial charge in [0.1, 0.15) is 0 Å². The van der Waals surface area contributed by atoms with Crippen molar-refractivity contribution in [3.05, 3.63) is 5.89 Å². The molecule has 1 heterocycles. The molecule has 1 fully saturated rings. The highest BCUT2D eigenvalue weighted by atomic mass is 16.4. The van der Waals surface area contributed by atoms with Gasteiger partial charge in [-0.2, -0.15) is 0 Å². The lowest BCUT2D eigenvalue weighted by Gasteiger charge is -2.25. The summed E-state index contributed by atoms with van der Waals surface area (Å²) in [4.78, 5) is 0. The van der Waals surface area contributed by atoms with Gasteiger partial charge in [-0.1, -0.05) is 31.8 Å². The van der Waals surface area contributed by atoms with Crippen LogP contribution in [0.1, 0.15) is 45.4 Å². The monoisotopic (exact) mass is 252 g/mol. The van der Waals surface area contributed by atoms with Crippen molar-refractivity contribution >= 4 is 6.01 Å². The quantitative estimate of drug-likeness (QED) is 0.814. The van der Waals surface area contributed by atoms with E-state index in [-0.39, 0.29) is 0 Å². The van der Waals surface area contributed by atoms with Crippen molar-refractivity contribution in [2.75, 3.05) is 18.4 Å². The van der Waals surface area contributed by atoms with Gasteiger partial charge in [-0.25, -0.2) is 0 Å². The molecule has 1 aromatic heterocycles. The zero-order chi connectivity index (χ0) is 12.8. The minimum atomic E-state index is 0.557. The Labute approximate surface area is 109 Å². The average Bonchev–Trinajstić information content (AvgIpc) is 2.84. The summed E-state index contributed by atoms with van der Waals surface area (Å²) in [7, 11) is 0. The van der Waals surface area contributed by atoms with Gasteiger partial charge in [0.15, 0.2) is 0 Å². The first-order valence-corrected chi connectivity index (χ1v) is 7.05. The second kappa shape index (κ2) is 6.73. The maximum absolute atomic E-state index is 5.50. The third kappa shape index (κ3) is 3.98. The van der Waals surface area contributed by atoms with Crippen LogP contribution in [-0.4, -0.2) is 23.3 Å².